The van der Waals surface area contributed by atoms with Gasteiger partial charge in [-0.25, -0.2) is 4.98 Å². The van der Waals surface area contributed by atoms with E-state index in [1.54, 1.807) is 23.5 Å². The largest absolute Gasteiger partial charge is 0.508 e. The van der Waals surface area contributed by atoms with E-state index in [-0.39, 0.29) is 17.8 Å². The first-order valence-corrected chi connectivity index (χ1v) is 11.5. The van der Waals surface area contributed by atoms with Crippen LogP contribution in [0, 0.1) is 0 Å². The fourth-order valence-electron chi connectivity index (χ4n) is 3.88. The van der Waals surface area contributed by atoms with Gasteiger partial charge >= 0.3 is 0 Å². The lowest BCUT2D eigenvalue weighted by atomic mass is 10.1. The van der Waals surface area contributed by atoms with Gasteiger partial charge in [-0.15, -0.1) is 11.3 Å². The van der Waals surface area contributed by atoms with Gasteiger partial charge in [0.25, 0.3) is 0 Å². The van der Waals surface area contributed by atoms with Crippen molar-refractivity contribution in [2.24, 2.45) is 0 Å². The fraction of sp³-hybridized carbons (Fsp3) is 0.417. The van der Waals surface area contributed by atoms with Crippen molar-refractivity contribution in [3.63, 3.8) is 0 Å². The molecular weight excluding hydrogens is 396 g/mol. The Morgan fingerprint density at radius 2 is 2.00 bits per heavy atom. The molecule has 1 unspecified atom stereocenters. The van der Waals surface area contributed by atoms with Crippen molar-refractivity contribution >= 4 is 27.5 Å². The minimum Gasteiger partial charge on any atom is -0.508 e. The van der Waals surface area contributed by atoms with Gasteiger partial charge in [-0.3, -0.25) is 4.79 Å². The molecule has 2 heterocycles. The SMILES string of the molecule is O=C(CCCCc1nc2ccccc2s1)N(Cc1ccccc1O)CC1CCCO1. The Labute approximate surface area is 181 Å². The zero-order valence-electron chi connectivity index (χ0n) is 17.1. The smallest absolute Gasteiger partial charge is 0.222 e. The summed E-state index contributed by atoms with van der Waals surface area (Å²) in [6, 6.07) is 15.4. The molecule has 1 amide bonds. The number of unbranched alkanes of at least 4 members (excludes halogenated alkanes) is 1. The molecule has 1 saturated heterocycles. The summed E-state index contributed by atoms with van der Waals surface area (Å²) in [5.74, 6) is 0.358. The van der Waals surface area contributed by atoms with E-state index in [1.807, 2.05) is 35.2 Å². The van der Waals surface area contributed by atoms with Gasteiger partial charge in [-0.2, -0.15) is 0 Å². The molecule has 1 fully saturated rings. The number of thiazole rings is 1. The minimum absolute atomic E-state index is 0.0996. The molecule has 1 atom stereocenters. The Morgan fingerprint density at radius 1 is 1.17 bits per heavy atom. The molecule has 2 aromatic carbocycles. The van der Waals surface area contributed by atoms with Gasteiger partial charge in [0.2, 0.25) is 5.91 Å². The van der Waals surface area contributed by atoms with Crippen molar-refractivity contribution < 1.29 is 14.6 Å². The predicted octanol–water partition coefficient (Wildman–Crippen LogP) is 4.92. The van der Waals surface area contributed by atoms with E-state index >= 15 is 0 Å². The first-order chi connectivity index (χ1) is 14.7. The standard InChI is InChI=1S/C24H28N2O3S/c27-21-11-3-1-8-18(21)16-26(17-19-9-7-15-29-19)24(28)14-6-5-13-23-25-20-10-2-4-12-22(20)30-23/h1-4,8,10-12,19,27H,5-7,9,13-17H2. The van der Waals surface area contributed by atoms with Gasteiger partial charge in [-0.05, 0) is 50.3 Å². The summed E-state index contributed by atoms with van der Waals surface area (Å²) in [6.45, 7) is 1.78. The summed E-state index contributed by atoms with van der Waals surface area (Å²) in [6.07, 6.45) is 5.31. The van der Waals surface area contributed by atoms with E-state index in [1.165, 1.54) is 4.70 Å². The quantitative estimate of drug-likeness (QED) is 0.495. The highest BCUT2D eigenvalue weighted by atomic mass is 32.1. The monoisotopic (exact) mass is 424 g/mol. The highest BCUT2D eigenvalue weighted by molar-refractivity contribution is 7.18. The van der Waals surface area contributed by atoms with Crippen LogP contribution in [0.3, 0.4) is 0 Å². The second kappa shape index (κ2) is 10.0. The van der Waals surface area contributed by atoms with E-state index in [2.05, 4.69) is 11.1 Å². The van der Waals surface area contributed by atoms with Crippen LogP contribution in [-0.4, -0.2) is 40.2 Å². The van der Waals surface area contributed by atoms with Crippen molar-refractivity contribution in [3.8, 4) is 5.75 Å². The van der Waals surface area contributed by atoms with Crippen LogP contribution in [0.1, 0.15) is 42.7 Å². The summed E-state index contributed by atoms with van der Waals surface area (Å²) in [4.78, 5) is 19.5. The summed E-state index contributed by atoms with van der Waals surface area (Å²) >= 11 is 1.74. The van der Waals surface area contributed by atoms with Gasteiger partial charge in [-0.1, -0.05) is 30.3 Å². The number of carbonyl (C=O) groups is 1. The average molecular weight is 425 g/mol. The fourth-order valence-corrected chi connectivity index (χ4v) is 4.89. The molecule has 6 heteroatoms. The van der Waals surface area contributed by atoms with Crippen LogP contribution in [0.4, 0.5) is 0 Å². The molecule has 3 aromatic rings. The van der Waals surface area contributed by atoms with Gasteiger partial charge in [0.15, 0.2) is 0 Å². The normalized spacial score (nSPS) is 16.2. The average Bonchev–Trinajstić information content (AvgIpc) is 3.41. The van der Waals surface area contributed by atoms with Crippen molar-refractivity contribution in [1.29, 1.82) is 0 Å². The number of benzene rings is 2. The number of phenolic OH excluding ortho intramolecular Hbond substituents is 1. The lowest BCUT2D eigenvalue weighted by Gasteiger charge is -2.26. The zero-order valence-corrected chi connectivity index (χ0v) is 17.9. The zero-order chi connectivity index (χ0) is 20.8. The molecule has 1 aliphatic rings. The van der Waals surface area contributed by atoms with Crippen molar-refractivity contribution in [2.75, 3.05) is 13.2 Å². The Morgan fingerprint density at radius 3 is 2.80 bits per heavy atom. The maximum absolute atomic E-state index is 13.0. The second-order valence-electron chi connectivity index (χ2n) is 7.82. The van der Waals surface area contributed by atoms with Gasteiger partial charge in [0, 0.05) is 31.7 Å². The number of para-hydroxylation sites is 2. The lowest BCUT2D eigenvalue weighted by molar-refractivity contribution is -0.133. The van der Waals surface area contributed by atoms with Gasteiger partial charge in [0.1, 0.15) is 5.75 Å². The predicted molar refractivity (Wildman–Crippen MR) is 120 cm³/mol. The van der Waals surface area contributed by atoms with Crippen LogP contribution in [0.25, 0.3) is 10.2 Å². The summed E-state index contributed by atoms with van der Waals surface area (Å²) in [7, 11) is 0. The maximum Gasteiger partial charge on any atom is 0.222 e. The Bertz CT molecular complexity index is 948. The highest BCUT2D eigenvalue weighted by Gasteiger charge is 2.23. The molecule has 158 valence electrons. The van der Waals surface area contributed by atoms with Crippen LogP contribution in [0.5, 0.6) is 5.75 Å². The van der Waals surface area contributed by atoms with E-state index in [4.69, 9.17) is 4.74 Å². The number of hydrogen-bond acceptors (Lipinski definition) is 5. The Kier molecular flexibility index (Phi) is 6.97. The third-order valence-electron chi connectivity index (χ3n) is 5.52. The van der Waals surface area contributed by atoms with E-state index in [9.17, 15) is 9.90 Å². The van der Waals surface area contributed by atoms with Gasteiger partial charge < -0.3 is 14.7 Å². The number of rotatable bonds is 9. The molecule has 0 spiro atoms. The lowest BCUT2D eigenvalue weighted by Crippen LogP contribution is -2.36. The van der Waals surface area contributed by atoms with Crippen molar-refractivity contribution in [3.05, 3.63) is 59.1 Å². The molecule has 0 radical (unpaired) electrons. The highest BCUT2D eigenvalue weighted by Crippen LogP contribution is 2.24. The topological polar surface area (TPSA) is 62.7 Å². The van der Waals surface area contributed by atoms with E-state index < -0.39 is 0 Å². The second-order valence-corrected chi connectivity index (χ2v) is 8.94. The van der Waals surface area contributed by atoms with Crippen LogP contribution >= 0.6 is 11.3 Å². The maximum atomic E-state index is 13.0. The first-order valence-electron chi connectivity index (χ1n) is 10.7. The number of phenols is 1. The van der Waals surface area contributed by atoms with E-state index in [0.29, 0.717) is 19.5 Å². The molecule has 1 N–H and O–H groups in total. The number of nitrogens with zero attached hydrogens (tertiary/aromatic N) is 2. The van der Waals surface area contributed by atoms with Crippen LogP contribution < -0.4 is 0 Å². The molecule has 5 nitrogen and oxygen atoms in total. The molecular formula is C24H28N2O3S. The summed E-state index contributed by atoms with van der Waals surface area (Å²) < 4.78 is 6.97. The number of carbonyl (C=O) groups excluding carboxylic acids is 1. The van der Waals surface area contributed by atoms with Crippen LogP contribution in [0.2, 0.25) is 0 Å². The molecule has 0 saturated carbocycles. The minimum atomic E-state index is 0.0996. The third-order valence-corrected chi connectivity index (χ3v) is 6.62. The summed E-state index contributed by atoms with van der Waals surface area (Å²) in [5.41, 5.74) is 1.83. The number of aromatic hydroxyl groups is 1. The van der Waals surface area contributed by atoms with Crippen molar-refractivity contribution in [1.82, 2.24) is 9.88 Å². The number of hydrogen-bond donors (Lipinski definition) is 1. The number of aromatic nitrogens is 1. The molecule has 30 heavy (non-hydrogen) atoms. The number of amides is 1. The molecule has 0 aliphatic carbocycles. The molecule has 1 aromatic heterocycles. The molecule has 4 rings (SSSR count). The van der Waals surface area contributed by atoms with Crippen LogP contribution in [-0.2, 0) is 22.5 Å². The van der Waals surface area contributed by atoms with Gasteiger partial charge in [0.05, 0.1) is 21.3 Å². The van der Waals surface area contributed by atoms with E-state index in [0.717, 1.165) is 54.8 Å². The van der Waals surface area contributed by atoms with Crippen molar-refractivity contribution in [2.45, 2.75) is 51.2 Å². The number of fused-ring (bicyclic) bond motifs is 1. The molecule has 1 aliphatic heterocycles. The summed E-state index contributed by atoms with van der Waals surface area (Å²) in [5, 5.41) is 11.3. The van der Waals surface area contributed by atoms with Crippen LogP contribution in [0.15, 0.2) is 48.5 Å². The number of aryl methyl sites for hydroxylation is 1. The first kappa shape index (κ1) is 20.8. The molecule has 0 bridgehead atoms. The third kappa shape index (κ3) is 5.37. The number of ether oxygens (including phenoxy) is 1. The Balaban J connectivity index is 1.31. The Hall–Kier alpha value is -2.44.